The molecule has 0 heterocycles. The normalized spacial score (nSPS) is 14.6. The van der Waals surface area contributed by atoms with Crippen molar-refractivity contribution in [2.45, 2.75) is 77.5 Å². The summed E-state index contributed by atoms with van der Waals surface area (Å²) in [5, 5.41) is 25.4. The predicted octanol–water partition coefficient (Wildman–Crippen LogP) is -1.70. The van der Waals surface area contributed by atoms with Crippen LogP contribution in [0.1, 0.15) is 53.4 Å². The van der Waals surface area contributed by atoms with E-state index in [-0.39, 0.29) is 19.3 Å². The number of carboxylic acid groups (broad SMARTS) is 2. The molecule has 0 aliphatic heterocycles. The first-order valence-electron chi connectivity index (χ1n) is 10.6. The lowest BCUT2D eigenvalue weighted by Gasteiger charge is -2.27. The van der Waals surface area contributed by atoms with E-state index in [9.17, 15) is 33.9 Å². The van der Waals surface area contributed by atoms with Crippen LogP contribution in [-0.4, -0.2) is 69.9 Å². The van der Waals surface area contributed by atoms with E-state index in [1.807, 2.05) is 0 Å². The third kappa shape index (κ3) is 11.3. The van der Waals surface area contributed by atoms with E-state index in [1.165, 1.54) is 0 Å². The summed E-state index contributed by atoms with van der Waals surface area (Å²) < 4.78 is 0. The van der Waals surface area contributed by atoms with Crippen molar-refractivity contribution in [2.75, 3.05) is 0 Å². The van der Waals surface area contributed by atoms with Crippen LogP contribution in [-0.2, 0) is 28.8 Å². The lowest BCUT2D eigenvalue weighted by atomic mass is 9.99. The van der Waals surface area contributed by atoms with Gasteiger partial charge in [-0.15, -0.1) is 0 Å². The highest BCUT2D eigenvalue weighted by Gasteiger charge is 2.32. The molecule has 9 N–H and O–H groups in total. The fourth-order valence-corrected chi connectivity index (χ4v) is 2.79. The molecule has 13 nitrogen and oxygen atoms in total. The second-order valence-corrected chi connectivity index (χ2v) is 8.40. The minimum Gasteiger partial charge on any atom is -0.481 e. The summed E-state index contributed by atoms with van der Waals surface area (Å²) in [5.41, 5.74) is 10.7. The van der Waals surface area contributed by atoms with Crippen molar-refractivity contribution in [1.82, 2.24) is 16.0 Å². The molecule has 0 aromatic rings. The summed E-state index contributed by atoms with van der Waals surface area (Å²) >= 11 is 0. The number of hydrogen-bond donors (Lipinski definition) is 7. The Labute approximate surface area is 192 Å². The Morgan fingerprint density at radius 2 is 1.24 bits per heavy atom. The number of primary amides is 1. The van der Waals surface area contributed by atoms with Crippen LogP contribution in [0.15, 0.2) is 0 Å². The molecular weight excluding hydrogens is 438 g/mol. The number of aliphatic carboxylic acids is 2. The summed E-state index contributed by atoms with van der Waals surface area (Å²) in [6.45, 7) is 6.47. The number of carboxylic acids is 2. The molecule has 0 aliphatic rings. The number of rotatable bonds is 15. The van der Waals surface area contributed by atoms with Gasteiger partial charge in [0.2, 0.25) is 23.6 Å². The van der Waals surface area contributed by atoms with Crippen LogP contribution >= 0.6 is 0 Å². The Hall–Kier alpha value is -3.22. The zero-order valence-electron chi connectivity index (χ0n) is 19.3. The van der Waals surface area contributed by atoms with Crippen molar-refractivity contribution in [3.05, 3.63) is 0 Å². The minimum absolute atomic E-state index is 0.0722. The van der Waals surface area contributed by atoms with Gasteiger partial charge in [0, 0.05) is 12.8 Å². The number of carbonyl (C=O) groups is 6. The summed E-state index contributed by atoms with van der Waals surface area (Å²) in [6.07, 6.45) is -0.971. The first kappa shape index (κ1) is 29.8. The van der Waals surface area contributed by atoms with Crippen LogP contribution < -0.4 is 27.4 Å². The summed E-state index contributed by atoms with van der Waals surface area (Å²) in [5.74, 6) is -6.34. The molecule has 0 saturated heterocycles. The summed E-state index contributed by atoms with van der Waals surface area (Å²) in [4.78, 5) is 71.0. The van der Waals surface area contributed by atoms with E-state index in [4.69, 9.17) is 16.6 Å². The zero-order valence-corrected chi connectivity index (χ0v) is 19.3. The van der Waals surface area contributed by atoms with Crippen molar-refractivity contribution in [3.63, 3.8) is 0 Å². The van der Waals surface area contributed by atoms with Gasteiger partial charge in [0.05, 0.1) is 6.04 Å². The molecule has 0 spiro atoms. The van der Waals surface area contributed by atoms with Crippen molar-refractivity contribution in [1.29, 1.82) is 0 Å². The Morgan fingerprint density at radius 1 is 0.727 bits per heavy atom. The SMILES string of the molecule is CC(C)C(NC(=O)C(NC(=O)C(CCC(=O)O)NC(=O)C(N)CCC(N)=O)C(C)C)C(=O)O. The maximum Gasteiger partial charge on any atom is 0.326 e. The van der Waals surface area contributed by atoms with Gasteiger partial charge in [0.1, 0.15) is 18.1 Å². The number of nitrogens with one attached hydrogen (secondary N) is 3. The number of hydrogen-bond acceptors (Lipinski definition) is 7. The van der Waals surface area contributed by atoms with Gasteiger partial charge in [0.25, 0.3) is 0 Å². The van der Waals surface area contributed by atoms with Gasteiger partial charge in [-0.2, -0.15) is 0 Å². The second kappa shape index (κ2) is 14.0. The van der Waals surface area contributed by atoms with Crippen LogP contribution in [0, 0.1) is 11.8 Å². The third-order valence-corrected chi connectivity index (χ3v) is 4.80. The van der Waals surface area contributed by atoms with E-state index in [1.54, 1.807) is 27.7 Å². The summed E-state index contributed by atoms with van der Waals surface area (Å²) in [7, 11) is 0. The number of amides is 4. The highest BCUT2D eigenvalue weighted by Crippen LogP contribution is 2.08. The molecular formula is C20H35N5O8. The first-order valence-corrected chi connectivity index (χ1v) is 10.6. The Kier molecular flexibility index (Phi) is 12.7. The Balaban J connectivity index is 5.46. The van der Waals surface area contributed by atoms with Crippen LogP contribution in [0.25, 0.3) is 0 Å². The molecule has 33 heavy (non-hydrogen) atoms. The average molecular weight is 474 g/mol. The Morgan fingerprint density at radius 3 is 1.67 bits per heavy atom. The quantitative estimate of drug-likeness (QED) is 0.143. The smallest absolute Gasteiger partial charge is 0.326 e. The maximum atomic E-state index is 12.8. The van der Waals surface area contributed by atoms with Gasteiger partial charge in [-0.1, -0.05) is 27.7 Å². The van der Waals surface area contributed by atoms with E-state index in [0.717, 1.165) is 0 Å². The predicted molar refractivity (Wildman–Crippen MR) is 116 cm³/mol. The van der Waals surface area contributed by atoms with E-state index in [2.05, 4.69) is 16.0 Å². The van der Waals surface area contributed by atoms with Crippen LogP contribution in [0.4, 0.5) is 0 Å². The van der Waals surface area contributed by atoms with Crippen LogP contribution in [0.2, 0.25) is 0 Å². The van der Waals surface area contributed by atoms with Gasteiger partial charge in [-0.3, -0.25) is 24.0 Å². The molecule has 0 radical (unpaired) electrons. The van der Waals surface area contributed by atoms with E-state index >= 15 is 0 Å². The van der Waals surface area contributed by atoms with Gasteiger partial charge in [-0.25, -0.2) is 4.79 Å². The van der Waals surface area contributed by atoms with Crippen molar-refractivity contribution in [2.24, 2.45) is 23.3 Å². The van der Waals surface area contributed by atoms with Crippen LogP contribution in [0.3, 0.4) is 0 Å². The lowest BCUT2D eigenvalue weighted by Crippen LogP contribution is -2.59. The standard InChI is InChI=1S/C20H35N5O8/c1-9(2)15(19(31)25-16(10(3)4)20(32)33)24-18(30)12(6-8-14(27)28)23-17(29)11(21)5-7-13(22)26/h9-12,15-16H,5-8,21H2,1-4H3,(H2,22,26)(H,23,29)(H,24,30)(H,25,31)(H,27,28)(H,32,33). The van der Waals surface area contributed by atoms with E-state index in [0.29, 0.717) is 0 Å². The third-order valence-electron chi connectivity index (χ3n) is 4.80. The monoisotopic (exact) mass is 473 g/mol. The van der Waals surface area contributed by atoms with Crippen LogP contribution in [0.5, 0.6) is 0 Å². The largest absolute Gasteiger partial charge is 0.481 e. The first-order chi connectivity index (χ1) is 15.2. The Bertz CT molecular complexity index is 740. The molecule has 0 aromatic heterocycles. The van der Waals surface area contributed by atoms with Gasteiger partial charge < -0.3 is 37.6 Å². The highest BCUT2D eigenvalue weighted by atomic mass is 16.4. The molecule has 4 unspecified atom stereocenters. The topological polar surface area (TPSA) is 231 Å². The molecule has 0 fully saturated rings. The molecule has 4 atom stereocenters. The molecule has 0 rings (SSSR count). The number of nitrogens with two attached hydrogens (primary N) is 2. The minimum atomic E-state index is -1.33. The maximum absolute atomic E-state index is 12.8. The molecule has 0 saturated carbocycles. The van der Waals surface area contributed by atoms with Gasteiger partial charge in [-0.05, 0) is 24.7 Å². The molecule has 13 heteroatoms. The van der Waals surface area contributed by atoms with Crippen molar-refractivity contribution >= 4 is 35.6 Å². The molecule has 0 bridgehead atoms. The molecule has 4 amide bonds. The summed E-state index contributed by atoms with van der Waals surface area (Å²) in [6, 6.07) is -4.82. The zero-order chi connectivity index (χ0) is 25.9. The molecule has 0 aliphatic carbocycles. The fraction of sp³-hybridized carbons (Fsp3) is 0.700. The highest BCUT2D eigenvalue weighted by molar-refractivity contribution is 5.94. The van der Waals surface area contributed by atoms with Gasteiger partial charge >= 0.3 is 11.9 Å². The van der Waals surface area contributed by atoms with E-state index < -0.39 is 78.0 Å². The molecule has 0 aromatic carbocycles. The second-order valence-electron chi connectivity index (χ2n) is 8.40. The average Bonchev–Trinajstić information content (AvgIpc) is 2.69. The lowest BCUT2D eigenvalue weighted by molar-refractivity contribution is -0.144. The van der Waals surface area contributed by atoms with Gasteiger partial charge in [0.15, 0.2) is 0 Å². The van der Waals surface area contributed by atoms with Crippen molar-refractivity contribution in [3.8, 4) is 0 Å². The van der Waals surface area contributed by atoms with Crippen molar-refractivity contribution < 1.29 is 39.0 Å². The fourth-order valence-electron chi connectivity index (χ4n) is 2.79. The molecule has 188 valence electrons. The number of carbonyl (C=O) groups excluding carboxylic acids is 4.